The molecule has 0 N–H and O–H groups in total. The van der Waals surface area contributed by atoms with Crippen LogP contribution in [0, 0.1) is 0 Å². The first kappa shape index (κ1) is 10.0. The van der Waals surface area contributed by atoms with Crippen molar-refractivity contribution in [3.8, 4) is 0 Å². The molecular weight excluding hydrogens is 220 g/mol. The molecule has 2 bridgehead atoms. The second-order valence-electron chi connectivity index (χ2n) is 4.70. The molecule has 0 amide bonds. The summed E-state index contributed by atoms with van der Waals surface area (Å²) in [5.41, 5.74) is 1.14. The van der Waals surface area contributed by atoms with Gasteiger partial charge in [-0.15, -0.1) is 0 Å². The summed E-state index contributed by atoms with van der Waals surface area (Å²) in [5.74, 6) is 0. The predicted octanol–water partition coefficient (Wildman–Crippen LogP) is 1.09. The molecule has 5 rings (SSSR count). The monoisotopic (exact) mass is 234 g/mol. The van der Waals surface area contributed by atoms with Crippen LogP contribution in [0.4, 0.5) is 0 Å². The zero-order chi connectivity index (χ0) is 11.2. The minimum absolute atomic E-state index is 0.0475. The Hall–Kier alpha value is -0.940. The van der Waals surface area contributed by atoms with Gasteiger partial charge in [-0.1, -0.05) is 30.3 Å². The molecule has 0 aromatic heterocycles. The minimum Gasteiger partial charge on any atom is -0.367 e. The van der Waals surface area contributed by atoms with Gasteiger partial charge in [-0.05, 0) is 5.56 Å². The summed E-state index contributed by atoms with van der Waals surface area (Å²) in [4.78, 5) is 0. The van der Waals surface area contributed by atoms with Crippen molar-refractivity contribution in [2.24, 2.45) is 0 Å². The van der Waals surface area contributed by atoms with Gasteiger partial charge < -0.3 is 18.9 Å². The van der Waals surface area contributed by atoms with Crippen LogP contribution in [0.1, 0.15) is 5.56 Å². The van der Waals surface area contributed by atoms with Gasteiger partial charge in [-0.3, -0.25) is 0 Å². The molecular formula is C13H14O4. The maximum atomic E-state index is 5.79. The predicted molar refractivity (Wildman–Crippen MR) is 58.3 cm³/mol. The smallest absolute Gasteiger partial charge is 0.187 e. The van der Waals surface area contributed by atoms with Gasteiger partial charge in [-0.2, -0.15) is 0 Å². The molecule has 0 aliphatic carbocycles. The molecule has 90 valence electrons. The molecule has 4 saturated heterocycles. The molecule has 1 aromatic rings. The van der Waals surface area contributed by atoms with Crippen LogP contribution >= 0.6 is 0 Å². The summed E-state index contributed by atoms with van der Waals surface area (Å²) >= 11 is 0. The maximum Gasteiger partial charge on any atom is 0.187 e. The first-order valence-electron chi connectivity index (χ1n) is 6.00. The van der Waals surface area contributed by atoms with E-state index in [2.05, 4.69) is 0 Å². The van der Waals surface area contributed by atoms with Crippen LogP contribution in [0.5, 0.6) is 0 Å². The molecule has 0 spiro atoms. The number of ether oxygens (including phenoxy) is 4. The summed E-state index contributed by atoms with van der Waals surface area (Å²) in [6.07, 6.45) is 0.186. The lowest BCUT2D eigenvalue weighted by molar-refractivity contribution is -0.294. The molecule has 0 saturated carbocycles. The Morgan fingerprint density at radius 1 is 1.06 bits per heavy atom. The molecule has 4 aliphatic rings. The Morgan fingerprint density at radius 3 is 2.76 bits per heavy atom. The largest absolute Gasteiger partial charge is 0.367 e. The average Bonchev–Trinajstić information content (AvgIpc) is 3.20. The van der Waals surface area contributed by atoms with E-state index in [0.717, 1.165) is 5.56 Å². The third kappa shape index (κ3) is 1.68. The van der Waals surface area contributed by atoms with E-state index in [1.807, 2.05) is 30.3 Å². The lowest BCUT2D eigenvalue weighted by Gasteiger charge is -2.38. The Morgan fingerprint density at radius 2 is 1.94 bits per heavy atom. The molecule has 0 unspecified atom stereocenters. The van der Waals surface area contributed by atoms with Crippen molar-refractivity contribution in [1.82, 2.24) is 0 Å². The van der Waals surface area contributed by atoms with Gasteiger partial charge in [0.15, 0.2) is 6.29 Å². The van der Waals surface area contributed by atoms with E-state index >= 15 is 0 Å². The third-order valence-corrected chi connectivity index (χ3v) is 3.54. The Balaban J connectivity index is 1.41. The van der Waals surface area contributed by atoms with Gasteiger partial charge in [-0.25, -0.2) is 0 Å². The molecule has 5 atom stereocenters. The number of benzene rings is 1. The van der Waals surface area contributed by atoms with Crippen LogP contribution in [-0.2, 0) is 25.6 Å². The number of rotatable bonds is 3. The van der Waals surface area contributed by atoms with Gasteiger partial charge in [0.05, 0.1) is 13.2 Å². The highest BCUT2D eigenvalue weighted by Gasteiger charge is 2.62. The number of epoxide rings is 1. The summed E-state index contributed by atoms with van der Waals surface area (Å²) in [6, 6.07) is 10.1. The van der Waals surface area contributed by atoms with Crippen LogP contribution < -0.4 is 0 Å². The SMILES string of the molecule is c1ccc(CO[C@@H]2O[C@H]3CO[C@H]2[C@H]2O[C@H]23)cc1. The second-order valence-corrected chi connectivity index (χ2v) is 4.70. The van der Waals surface area contributed by atoms with Crippen molar-refractivity contribution in [2.45, 2.75) is 37.3 Å². The zero-order valence-corrected chi connectivity index (χ0v) is 9.32. The first-order valence-corrected chi connectivity index (χ1v) is 6.00. The molecule has 17 heavy (non-hydrogen) atoms. The molecule has 4 heteroatoms. The van der Waals surface area contributed by atoms with Gasteiger partial charge >= 0.3 is 0 Å². The fourth-order valence-electron chi connectivity index (χ4n) is 2.58. The quantitative estimate of drug-likeness (QED) is 0.734. The van der Waals surface area contributed by atoms with Crippen molar-refractivity contribution in [2.75, 3.05) is 6.61 Å². The summed E-state index contributed by atoms with van der Waals surface area (Å²) in [6.45, 7) is 1.19. The Labute approximate surface area is 99.4 Å². The molecule has 0 radical (unpaired) electrons. The highest BCUT2D eigenvalue weighted by atomic mass is 16.8. The van der Waals surface area contributed by atoms with Crippen LogP contribution in [0.25, 0.3) is 0 Å². The topological polar surface area (TPSA) is 40.2 Å². The minimum atomic E-state index is -0.280. The van der Waals surface area contributed by atoms with Crippen LogP contribution in [0.2, 0.25) is 0 Å². The molecule has 1 aromatic carbocycles. The van der Waals surface area contributed by atoms with Gasteiger partial charge in [0.25, 0.3) is 0 Å². The molecule has 4 aliphatic heterocycles. The molecule has 4 heterocycles. The van der Waals surface area contributed by atoms with Crippen molar-refractivity contribution in [3.63, 3.8) is 0 Å². The van der Waals surface area contributed by atoms with E-state index in [-0.39, 0.29) is 30.7 Å². The van der Waals surface area contributed by atoms with E-state index in [1.165, 1.54) is 0 Å². The van der Waals surface area contributed by atoms with Gasteiger partial charge in [0.1, 0.15) is 24.4 Å². The number of hydrogen-bond acceptors (Lipinski definition) is 4. The summed E-state index contributed by atoms with van der Waals surface area (Å²) in [7, 11) is 0. The van der Waals surface area contributed by atoms with E-state index < -0.39 is 0 Å². The second kappa shape index (κ2) is 3.78. The molecule has 4 nitrogen and oxygen atoms in total. The normalized spacial score (nSPS) is 42.2. The Kier molecular flexibility index (Phi) is 2.23. The number of hydrogen-bond donors (Lipinski definition) is 0. The van der Waals surface area contributed by atoms with Crippen LogP contribution in [-0.4, -0.2) is 37.3 Å². The Bertz CT molecular complexity index is 407. The van der Waals surface area contributed by atoms with E-state index in [1.54, 1.807) is 0 Å². The van der Waals surface area contributed by atoms with Crippen LogP contribution in [0.3, 0.4) is 0 Å². The summed E-state index contributed by atoms with van der Waals surface area (Å²) in [5, 5.41) is 0. The van der Waals surface area contributed by atoms with Gasteiger partial charge in [0, 0.05) is 0 Å². The zero-order valence-electron chi connectivity index (χ0n) is 9.32. The number of fused-ring (bicyclic) bond motifs is 2. The third-order valence-electron chi connectivity index (χ3n) is 3.54. The molecule has 4 fully saturated rings. The van der Waals surface area contributed by atoms with Gasteiger partial charge in [0.2, 0.25) is 0 Å². The standard InChI is InChI=1S/C13H14O4/c1-2-4-8(5-3-1)6-15-13-12-11-10(17-11)9(16-13)7-14-12/h1-5,9-13H,6-7H2/t9-,10-,11-,12-,13+/m0/s1. The van der Waals surface area contributed by atoms with Crippen molar-refractivity contribution in [1.29, 1.82) is 0 Å². The fourth-order valence-corrected chi connectivity index (χ4v) is 2.58. The van der Waals surface area contributed by atoms with Crippen molar-refractivity contribution >= 4 is 0 Å². The lowest BCUT2D eigenvalue weighted by atomic mass is 10.0. The van der Waals surface area contributed by atoms with E-state index in [4.69, 9.17) is 18.9 Å². The first-order chi connectivity index (χ1) is 8.42. The average molecular weight is 234 g/mol. The van der Waals surface area contributed by atoms with Crippen LogP contribution in [0.15, 0.2) is 30.3 Å². The highest BCUT2D eigenvalue weighted by molar-refractivity contribution is 5.13. The van der Waals surface area contributed by atoms with Crippen molar-refractivity contribution in [3.05, 3.63) is 35.9 Å². The van der Waals surface area contributed by atoms with E-state index in [9.17, 15) is 0 Å². The highest BCUT2D eigenvalue weighted by Crippen LogP contribution is 2.43. The fraction of sp³-hybridized carbons (Fsp3) is 0.538. The maximum absolute atomic E-state index is 5.79. The van der Waals surface area contributed by atoms with Crippen molar-refractivity contribution < 1.29 is 18.9 Å². The lowest BCUT2D eigenvalue weighted by Crippen LogP contribution is -2.55. The summed E-state index contributed by atoms with van der Waals surface area (Å²) < 4.78 is 22.7. The van der Waals surface area contributed by atoms with E-state index in [0.29, 0.717) is 13.2 Å².